The van der Waals surface area contributed by atoms with Gasteiger partial charge in [-0.1, -0.05) is 19.9 Å². The maximum atomic E-state index is 5.46. The number of rotatable bonds is 3. The molecule has 0 saturated heterocycles. The maximum absolute atomic E-state index is 5.46. The summed E-state index contributed by atoms with van der Waals surface area (Å²) in [6.07, 6.45) is 0. The lowest BCUT2D eigenvalue weighted by atomic mass is 9.96. The van der Waals surface area contributed by atoms with Gasteiger partial charge in [-0.3, -0.25) is 4.84 Å². The van der Waals surface area contributed by atoms with Crippen LogP contribution in [0.25, 0.3) is 0 Å². The maximum Gasteiger partial charge on any atom is 0.231 e. The first-order chi connectivity index (χ1) is 7.24. The molecule has 0 saturated carbocycles. The molecule has 0 unspecified atom stereocenters. The van der Waals surface area contributed by atoms with Gasteiger partial charge in [-0.2, -0.15) is 0 Å². The van der Waals surface area contributed by atoms with E-state index < -0.39 is 0 Å². The Morgan fingerprint density at radius 3 is 2.87 bits per heavy atom. The lowest BCUT2D eigenvalue weighted by Crippen LogP contribution is -2.04. The van der Waals surface area contributed by atoms with E-state index in [4.69, 9.17) is 15.4 Å². The van der Waals surface area contributed by atoms with E-state index in [-0.39, 0.29) is 0 Å². The molecule has 4 heteroatoms. The van der Waals surface area contributed by atoms with Crippen LogP contribution in [0.1, 0.15) is 30.9 Å². The van der Waals surface area contributed by atoms with E-state index in [0.717, 1.165) is 22.6 Å². The summed E-state index contributed by atoms with van der Waals surface area (Å²) < 4.78 is 10.8. The third kappa shape index (κ3) is 1.78. The van der Waals surface area contributed by atoms with Crippen LogP contribution < -0.4 is 15.4 Å². The first kappa shape index (κ1) is 10.3. The SMILES string of the molecule is CC(C)c1c(CON)ccc2c1OCO2. The van der Waals surface area contributed by atoms with E-state index in [1.807, 2.05) is 12.1 Å². The van der Waals surface area contributed by atoms with Crippen LogP contribution >= 0.6 is 0 Å². The normalized spacial score (nSPS) is 13.6. The molecule has 0 amide bonds. The molecular weight excluding hydrogens is 194 g/mol. The van der Waals surface area contributed by atoms with Gasteiger partial charge < -0.3 is 9.47 Å². The van der Waals surface area contributed by atoms with Gasteiger partial charge in [0.2, 0.25) is 6.79 Å². The minimum atomic E-state index is 0.294. The van der Waals surface area contributed by atoms with Gasteiger partial charge in [-0.15, -0.1) is 0 Å². The summed E-state index contributed by atoms with van der Waals surface area (Å²) in [5.41, 5.74) is 2.17. The number of hydrogen-bond donors (Lipinski definition) is 1. The molecule has 0 bridgehead atoms. The summed E-state index contributed by atoms with van der Waals surface area (Å²) >= 11 is 0. The molecule has 2 rings (SSSR count). The zero-order valence-electron chi connectivity index (χ0n) is 8.95. The molecule has 0 atom stereocenters. The molecule has 1 heterocycles. The second-order valence-electron chi connectivity index (χ2n) is 3.84. The molecule has 15 heavy (non-hydrogen) atoms. The Labute approximate surface area is 88.9 Å². The Kier molecular flexibility index (Phi) is 2.79. The molecule has 2 N–H and O–H groups in total. The summed E-state index contributed by atoms with van der Waals surface area (Å²) in [6, 6.07) is 3.86. The molecule has 1 aliphatic heterocycles. The molecule has 4 nitrogen and oxygen atoms in total. The van der Waals surface area contributed by atoms with Crippen LogP contribution in [-0.2, 0) is 11.4 Å². The summed E-state index contributed by atoms with van der Waals surface area (Å²) in [5.74, 6) is 7.09. The van der Waals surface area contributed by atoms with E-state index in [1.165, 1.54) is 0 Å². The number of hydrogen-bond acceptors (Lipinski definition) is 4. The Hall–Kier alpha value is -1.26. The van der Waals surface area contributed by atoms with Gasteiger partial charge in [-0.25, -0.2) is 5.90 Å². The van der Waals surface area contributed by atoms with Crippen molar-refractivity contribution in [3.8, 4) is 11.5 Å². The largest absolute Gasteiger partial charge is 0.454 e. The minimum Gasteiger partial charge on any atom is -0.454 e. The van der Waals surface area contributed by atoms with Crippen molar-refractivity contribution in [2.75, 3.05) is 6.79 Å². The summed E-state index contributed by atoms with van der Waals surface area (Å²) in [5, 5.41) is 0. The third-order valence-electron chi connectivity index (χ3n) is 2.48. The van der Waals surface area contributed by atoms with Gasteiger partial charge in [-0.05, 0) is 17.5 Å². The number of benzene rings is 1. The molecule has 82 valence electrons. The monoisotopic (exact) mass is 209 g/mol. The van der Waals surface area contributed by atoms with E-state index in [9.17, 15) is 0 Å². The molecule has 0 spiro atoms. The smallest absolute Gasteiger partial charge is 0.231 e. The number of fused-ring (bicyclic) bond motifs is 1. The van der Waals surface area contributed by atoms with Crippen LogP contribution in [0.3, 0.4) is 0 Å². The zero-order valence-corrected chi connectivity index (χ0v) is 8.95. The van der Waals surface area contributed by atoms with Gasteiger partial charge >= 0.3 is 0 Å². The first-order valence-corrected chi connectivity index (χ1v) is 4.97. The summed E-state index contributed by atoms with van der Waals surface area (Å²) in [4.78, 5) is 4.68. The van der Waals surface area contributed by atoms with E-state index in [1.54, 1.807) is 0 Å². The van der Waals surface area contributed by atoms with Gasteiger partial charge in [0.15, 0.2) is 11.5 Å². The van der Waals surface area contributed by atoms with Crippen LogP contribution in [0.2, 0.25) is 0 Å². The summed E-state index contributed by atoms with van der Waals surface area (Å²) in [6.45, 7) is 4.90. The van der Waals surface area contributed by atoms with Gasteiger partial charge in [0.1, 0.15) is 0 Å². The highest BCUT2D eigenvalue weighted by atomic mass is 16.7. The van der Waals surface area contributed by atoms with E-state index in [2.05, 4.69) is 18.7 Å². The predicted molar refractivity (Wildman–Crippen MR) is 55.6 cm³/mol. The Balaban J connectivity index is 2.48. The van der Waals surface area contributed by atoms with Crippen molar-refractivity contribution in [1.82, 2.24) is 0 Å². The van der Waals surface area contributed by atoms with Gasteiger partial charge in [0.05, 0.1) is 6.61 Å². The third-order valence-corrected chi connectivity index (χ3v) is 2.48. The minimum absolute atomic E-state index is 0.294. The van der Waals surface area contributed by atoms with E-state index >= 15 is 0 Å². The molecule has 0 aliphatic carbocycles. The zero-order chi connectivity index (χ0) is 10.8. The van der Waals surface area contributed by atoms with Crippen LogP contribution in [0.5, 0.6) is 11.5 Å². The second-order valence-corrected chi connectivity index (χ2v) is 3.84. The number of nitrogens with two attached hydrogens (primary N) is 1. The Morgan fingerprint density at radius 2 is 2.20 bits per heavy atom. The quantitative estimate of drug-likeness (QED) is 0.773. The number of ether oxygens (including phenoxy) is 2. The van der Waals surface area contributed by atoms with Crippen molar-refractivity contribution < 1.29 is 14.3 Å². The molecule has 0 fully saturated rings. The summed E-state index contributed by atoms with van der Waals surface area (Å²) in [7, 11) is 0. The fourth-order valence-electron chi connectivity index (χ4n) is 1.88. The van der Waals surface area contributed by atoms with Crippen LogP contribution in [0.15, 0.2) is 12.1 Å². The lowest BCUT2D eigenvalue weighted by Gasteiger charge is -2.14. The molecule has 1 aromatic rings. The topological polar surface area (TPSA) is 53.7 Å². The fourth-order valence-corrected chi connectivity index (χ4v) is 1.88. The van der Waals surface area contributed by atoms with Crippen molar-refractivity contribution in [1.29, 1.82) is 0 Å². The average Bonchev–Trinajstić information content (AvgIpc) is 2.64. The second kappa shape index (κ2) is 4.08. The average molecular weight is 209 g/mol. The molecular formula is C11H15NO3. The van der Waals surface area contributed by atoms with Crippen molar-refractivity contribution >= 4 is 0 Å². The van der Waals surface area contributed by atoms with Crippen LogP contribution in [0, 0.1) is 0 Å². The van der Waals surface area contributed by atoms with Gasteiger partial charge in [0, 0.05) is 5.56 Å². The lowest BCUT2D eigenvalue weighted by molar-refractivity contribution is 0.123. The molecule has 0 radical (unpaired) electrons. The molecule has 0 aromatic heterocycles. The van der Waals surface area contributed by atoms with Crippen LogP contribution in [0.4, 0.5) is 0 Å². The van der Waals surface area contributed by atoms with Crippen molar-refractivity contribution in [3.63, 3.8) is 0 Å². The predicted octanol–water partition coefficient (Wildman–Crippen LogP) is 1.93. The van der Waals surface area contributed by atoms with Gasteiger partial charge in [0.25, 0.3) is 0 Å². The van der Waals surface area contributed by atoms with Crippen molar-refractivity contribution in [2.45, 2.75) is 26.4 Å². The molecule has 1 aliphatic rings. The highest BCUT2D eigenvalue weighted by Gasteiger charge is 2.22. The fraction of sp³-hybridized carbons (Fsp3) is 0.455. The van der Waals surface area contributed by atoms with Crippen molar-refractivity contribution in [2.24, 2.45) is 5.90 Å². The van der Waals surface area contributed by atoms with E-state index in [0.29, 0.717) is 19.3 Å². The van der Waals surface area contributed by atoms with Crippen molar-refractivity contribution in [3.05, 3.63) is 23.3 Å². The molecule has 1 aromatic carbocycles. The first-order valence-electron chi connectivity index (χ1n) is 4.97. The highest BCUT2D eigenvalue weighted by Crippen LogP contribution is 2.41. The Morgan fingerprint density at radius 1 is 1.40 bits per heavy atom. The standard InChI is InChI=1S/C11H15NO3/c1-7(2)10-8(5-15-12)3-4-9-11(10)14-6-13-9/h3-4,7H,5-6,12H2,1-2H3. The Bertz CT molecular complexity index is 363. The van der Waals surface area contributed by atoms with Crippen LogP contribution in [-0.4, -0.2) is 6.79 Å². The highest BCUT2D eigenvalue weighted by molar-refractivity contribution is 5.53.